The third-order valence-corrected chi connectivity index (χ3v) is 3.67. The topological polar surface area (TPSA) is 32.7 Å². The van der Waals surface area contributed by atoms with Crippen LogP contribution in [0.25, 0.3) is 0 Å². The zero-order chi connectivity index (χ0) is 10.7. The molecule has 0 aromatic rings. The summed E-state index contributed by atoms with van der Waals surface area (Å²) in [6.07, 6.45) is 5.84. The van der Waals surface area contributed by atoms with Gasteiger partial charge < -0.3 is 14.7 Å². The number of nitrogens with zero attached hydrogens (tertiary/aromatic N) is 1. The van der Waals surface area contributed by atoms with Crippen molar-refractivity contribution in [1.29, 1.82) is 0 Å². The number of aliphatic hydroxyl groups is 1. The smallest absolute Gasteiger partial charge is 0.0603 e. The molecule has 3 nitrogen and oxygen atoms in total. The lowest BCUT2D eigenvalue weighted by atomic mass is 9.84. The van der Waals surface area contributed by atoms with Crippen LogP contribution in [0.5, 0.6) is 0 Å². The van der Waals surface area contributed by atoms with E-state index in [1.165, 1.54) is 12.8 Å². The van der Waals surface area contributed by atoms with Crippen LogP contribution in [0.15, 0.2) is 0 Å². The van der Waals surface area contributed by atoms with E-state index < -0.39 is 0 Å². The van der Waals surface area contributed by atoms with E-state index in [1.54, 1.807) is 0 Å². The summed E-state index contributed by atoms with van der Waals surface area (Å²) in [7, 11) is 0. The van der Waals surface area contributed by atoms with Crippen molar-refractivity contribution in [2.24, 2.45) is 5.92 Å². The minimum absolute atomic E-state index is 0.283. The Hall–Kier alpha value is -0.120. The summed E-state index contributed by atoms with van der Waals surface area (Å²) in [4.78, 5) is 2.32. The van der Waals surface area contributed by atoms with Gasteiger partial charge in [-0.3, -0.25) is 0 Å². The second kappa shape index (κ2) is 5.28. The van der Waals surface area contributed by atoms with Crippen molar-refractivity contribution < 1.29 is 9.84 Å². The summed E-state index contributed by atoms with van der Waals surface area (Å²) in [5.41, 5.74) is 0. The zero-order valence-electron chi connectivity index (χ0n) is 9.69. The summed E-state index contributed by atoms with van der Waals surface area (Å²) < 4.78 is 6.03. The maximum atomic E-state index is 8.83. The third kappa shape index (κ3) is 3.16. The molecule has 1 saturated carbocycles. The fraction of sp³-hybridized carbons (Fsp3) is 1.00. The summed E-state index contributed by atoms with van der Waals surface area (Å²) >= 11 is 0. The van der Waals surface area contributed by atoms with E-state index in [0.717, 1.165) is 38.4 Å². The van der Waals surface area contributed by atoms with Crippen LogP contribution in [0.4, 0.5) is 0 Å². The fourth-order valence-electron chi connectivity index (χ4n) is 2.62. The van der Waals surface area contributed by atoms with Crippen molar-refractivity contribution in [3.8, 4) is 0 Å². The SMILES string of the molecule is CC1CC(OC2CCN(CCO)CC2)C1. The van der Waals surface area contributed by atoms with Gasteiger partial charge in [-0.15, -0.1) is 0 Å². The molecule has 1 aliphatic carbocycles. The first-order chi connectivity index (χ1) is 7.28. The van der Waals surface area contributed by atoms with Gasteiger partial charge >= 0.3 is 0 Å². The van der Waals surface area contributed by atoms with E-state index in [0.29, 0.717) is 12.2 Å². The summed E-state index contributed by atoms with van der Waals surface area (Å²) in [6, 6.07) is 0. The molecule has 1 heterocycles. The zero-order valence-corrected chi connectivity index (χ0v) is 9.69. The highest BCUT2D eigenvalue weighted by molar-refractivity contribution is 4.80. The van der Waals surface area contributed by atoms with E-state index in [1.807, 2.05) is 0 Å². The average Bonchev–Trinajstić information content (AvgIpc) is 2.19. The lowest BCUT2D eigenvalue weighted by molar-refractivity contribution is -0.0910. The van der Waals surface area contributed by atoms with Crippen LogP contribution >= 0.6 is 0 Å². The predicted octanol–water partition coefficient (Wildman–Crippen LogP) is 1.26. The Morgan fingerprint density at radius 2 is 1.87 bits per heavy atom. The highest BCUT2D eigenvalue weighted by Gasteiger charge is 2.29. The Balaban J connectivity index is 1.61. The molecule has 1 saturated heterocycles. The number of ether oxygens (including phenoxy) is 1. The standard InChI is InChI=1S/C12H23NO2/c1-10-8-12(9-10)15-11-2-4-13(5-3-11)6-7-14/h10-12,14H,2-9H2,1H3. The van der Waals surface area contributed by atoms with Crippen molar-refractivity contribution in [2.75, 3.05) is 26.2 Å². The summed E-state index contributed by atoms with van der Waals surface area (Å²) in [5.74, 6) is 0.879. The number of hydrogen-bond acceptors (Lipinski definition) is 3. The Kier molecular flexibility index (Phi) is 4.00. The van der Waals surface area contributed by atoms with Gasteiger partial charge in [-0.2, -0.15) is 0 Å². The number of β-amino-alcohol motifs (C(OH)–C–C–N with tert-alkyl or cyclic N) is 1. The molecule has 1 aliphatic heterocycles. The monoisotopic (exact) mass is 213 g/mol. The molecule has 0 unspecified atom stereocenters. The van der Waals surface area contributed by atoms with Gasteiger partial charge in [-0.1, -0.05) is 6.92 Å². The molecule has 0 radical (unpaired) electrons. The molecule has 88 valence electrons. The molecule has 3 heteroatoms. The molecular weight excluding hydrogens is 190 g/mol. The maximum Gasteiger partial charge on any atom is 0.0603 e. The molecule has 0 amide bonds. The molecule has 0 spiro atoms. The quantitative estimate of drug-likeness (QED) is 0.763. The minimum atomic E-state index is 0.283. The Bertz CT molecular complexity index is 184. The first kappa shape index (κ1) is 11.4. The van der Waals surface area contributed by atoms with Crippen LogP contribution < -0.4 is 0 Å². The van der Waals surface area contributed by atoms with Gasteiger partial charge in [0.1, 0.15) is 0 Å². The average molecular weight is 213 g/mol. The van der Waals surface area contributed by atoms with Crippen LogP contribution in [-0.4, -0.2) is 48.5 Å². The van der Waals surface area contributed by atoms with E-state index in [4.69, 9.17) is 9.84 Å². The first-order valence-electron chi connectivity index (χ1n) is 6.26. The van der Waals surface area contributed by atoms with Gasteiger partial charge in [-0.25, -0.2) is 0 Å². The van der Waals surface area contributed by atoms with Crippen LogP contribution in [0.1, 0.15) is 32.6 Å². The van der Waals surface area contributed by atoms with Gasteiger partial charge in [0, 0.05) is 19.6 Å². The Morgan fingerprint density at radius 3 is 2.40 bits per heavy atom. The third-order valence-electron chi connectivity index (χ3n) is 3.67. The molecule has 2 rings (SSSR count). The van der Waals surface area contributed by atoms with Gasteiger partial charge in [0.05, 0.1) is 18.8 Å². The largest absolute Gasteiger partial charge is 0.395 e. The van der Waals surface area contributed by atoms with Crippen LogP contribution in [-0.2, 0) is 4.74 Å². The molecule has 0 aromatic carbocycles. The van der Waals surface area contributed by atoms with Crippen molar-refractivity contribution in [3.05, 3.63) is 0 Å². The van der Waals surface area contributed by atoms with Crippen LogP contribution in [0, 0.1) is 5.92 Å². The second-order valence-electron chi connectivity index (χ2n) is 5.10. The molecule has 15 heavy (non-hydrogen) atoms. The Labute approximate surface area is 92.4 Å². The van der Waals surface area contributed by atoms with Crippen molar-refractivity contribution in [3.63, 3.8) is 0 Å². The second-order valence-corrected chi connectivity index (χ2v) is 5.10. The molecule has 0 bridgehead atoms. The van der Waals surface area contributed by atoms with Crippen LogP contribution in [0.2, 0.25) is 0 Å². The van der Waals surface area contributed by atoms with E-state index in [-0.39, 0.29) is 6.61 Å². The van der Waals surface area contributed by atoms with Gasteiger partial charge in [0.25, 0.3) is 0 Å². The molecule has 2 aliphatic rings. The lowest BCUT2D eigenvalue weighted by Gasteiger charge is -2.38. The molecule has 2 fully saturated rings. The highest BCUT2D eigenvalue weighted by Crippen LogP contribution is 2.31. The number of aliphatic hydroxyl groups excluding tert-OH is 1. The van der Waals surface area contributed by atoms with Crippen LogP contribution in [0.3, 0.4) is 0 Å². The minimum Gasteiger partial charge on any atom is -0.395 e. The molecule has 0 atom stereocenters. The molecule has 1 N–H and O–H groups in total. The summed E-state index contributed by atoms with van der Waals surface area (Å²) in [6.45, 7) is 5.59. The van der Waals surface area contributed by atoms with Crippen molar-refractivity contribution >= 4 is 0 Å². The number of hydrogen-bond donors (Lipinski definition) is 1. The number of piperidine rings is 1. The molecular formula is C12H23NO2. The van der Waals surface area contributed by atoms with Gasteiger partial charge in [0.2, 0.25) is 0 Å². The van der Waals surface area contributed by atoms with Gasteiger partial charge in [0.15, 0.2) is 0 Å². The van der Waals surface area contributed by atoms with E-state index in [9.17, 15) is 0 Å². The Morgan fingerprint density at radius 1 is 1.20 bits per heavy atom. The number of rotatable bonds is 4. The fourth-order valence-corrected chi connectivity index (χ4v) is 2.62. The normalized spacial score (nSPS) is 34.0. The van der Waals surface area contributed by atoms with E-state index in [2.05, 4.69) is 11.8 Å². The van der Waals surface area contributed by atoms with Gasteiger partial charge in [-0.05, 0) is 31.6 Å². The summed E-state index contributed by atoms with van der Waals surface area (Å²) in [5, 5.41) is 8.83. The van der Waals surface area contributed by atoms with E-state index >= 15 is 0 Å². The first-order valence-corrected chi connectivity index (χ1v) is 6.26. The predicted molar refractivity (Wildman–Crippen MR) is 59.8 cm³/mol. The lowest BCUT2D eigenvalue weighted by Crippen LogP contribution is -2.41. The van der Waals surface area contributed by atoms with Crippen molar-refractivity contribution in [1.82, 2.24) is 4.90 Å². The maximum absolute atomic E-state index is 8.83. The molecule has 0 aromatic heterocycles. The number of likely N-dealkylation sites (tertiary alicyclic amines) is 1. The highest BCUT2D eigenvalue weighted by atomic mass is 16.5. The van der Waals surface area contributed by atoms with Crippen molar-refractivity contribution in [2.45, 2.75) is 44.8 Å².